The average Bonchev–Trinajstić information content (AvgIpc) is 3.14. The predicted molar refractivity (Wildman–Crippen MR) is 141 cm³/mol. The third kappa shape index (κ3) is 4.86. The standard InChI is InChI=1S/C27H33N3O2S2/c1-7-17-12-18(26(34-17)33-8-2)23-22(25(32)30-21-11-15(3)9-10-28-21)16(4)29-19-13-27(5,6)14-20(31)24(19)23/h9-12,23,29H,7-8,13-14H2,1-6H3,(H,28,30,32)/t23-/m1/s1. The second-order valence-corrected chi connectivity index (χ2v) is 12.5. The molecule has 2 N–H and O–H groups in total. The summed E-state index contributed by atoms with van der Waals surface area (Å²) in [7, 11) is 0. The van der Waals surface area contributed by atoms with Gasteiger partial charge in [-0.2, -0.15) is 0 Å². The predicted octanol–water partition coefficient (Wildman–Crippen LogP) is 6.37. The van der Waals surface area contributed by atoms with Gasteiger partial charge in [0.05, 0.1) is 4.21 Å². The molecule has 0 saturated heterocycles. The Bertz CT molecular complexity index is 1210. The smallest absolute Gasteiger partial charge is 0.255 e. The van der Waals surface area contributed by atoms with Gasteiger partial charge in [0.1, 0.15) is 5.82 Å². The lowest BCUT2D eigenvalue weighted by molar-refractivity contribution is -0.118. The Morgan fingerprint density at radius 3 is 2.71 bits per heavy atom. The van der Waals surface area contributed by atoms with E-state index >= 15 is 0 Å². The molecule has 0 radical (unpaired) electrons. The molecule has 3 heterocycles. The van der Waals surface area contributed by atoms with Crippen LogP contribution in [-0.4, -0.2) is 22.4 Å². The van der Waals surface area contributed by atoms with Crippen LogP contribution in [0.2, 0.25) is 0 Å². The Morgan fingerprint density at radius 1 is 1.26 bits per heavy atom. The summed E-state index contributed by atoms with van der Waals surface area (Å²) in [5.41, 5.74) is 5.12. The molecule has 34 heavy (non-hydrogen) atoms. The average molecular weight is 496 g/mol. The van der Waals surface area contributed by atoms with Crippen LogP contribution < -0.4 is 10.6 Å². The first kappa shape index (κ1) is 24.7. The zero-order valence-corrected chi connectivity index (χ0v) is 22.4. The Labute approximate surface area is 210 Å². The van der Waals surface area contributed by atoms with Crippen molar-refractivity contribution in [1.29, 1.82) is 0 Å². The van der Waals surface area contributed by atoms with E-state index in [-0.39, 0.29) is 23.0 Å². The number of amides is 1. The number of carbonyl (C=O) groups is 2. The first-order chi connectivity index (χ1) is 16.1. The molecular formula is C27H33N3O2S2. The van der Waals surface area contributed by atoms with Gasteiger partial charge < -0.3 is 10.6 Å². The summed E-state index contributed by atoms with van der Waals surface area (Å²) in [5, 5.41) is 6.45. The van der Waals surface area contributed by atoms with Gasteiger partial charge in [0, 0.05) is 46.0 Å². The maximum Gasteiger partial charge on any atom is 0.255 e. The fourth-order valence-electron chi connectivity index (χ4n) is 4.90. The third-order valence-electron chi connectivity index (χ3n) is 6.35. The van der Waals surface area contributed by atoms with Crippen LogP contribution >= 0.6 is 23.1 Å². The van der Waals surface area contributed by atoms with E-state index in [0.717, 1.165) is 46.7 Å². The molecule has 2 aromatic heterocycles. The number of ketones is 1. The second-order valence-electron chi connectivity index (χ2n) is 9.84. The van der Waals surface area contributed by atoms with Crippen molar-refractivity contribution in [3.8, 4) is 0 Å². The van der Waals surface area contributed by atoms with Crippen LogP contribution in [0, 0.1) is 12.3 Å². The minimum atomic E-state index is -0.379. The van der Waals surface area contributed by atoms with Gasteiger partial charge >= 0.3 is 0 Å². The Kier molecular flexibility index (Phi) is 7.06. The maximum atomic E-state index is 13.7. The summed E-state index contributed by atoms with van der Waals surface area (Å²) in [6.07, 6.45) is 3.89. The van der Waals surface area contributed by atoms with Gasteiger partial charge in [0.15, 0.2) is 5.78 Å². The third-order valence-corrected chi connectivity index (χ3v) is 8.83. The quantitative estimate of drug-likeness (QED) is 0.456. The van der Waals surface area contributed by atoms with E-state index in [1.54, 1.807) is 29.3 Å². The fraction of sp³-hybridized carbons (Fsp3) is 0.444. The number of nitrogens with one attached hydrogen (secondary N) is 2. The highest BCUT2D eigenvalue weighted by molar-refractivity contribution is 8.01. The van der Waals surface area contributed by atoms with Crippen molar-refractivity contribution in [3.05, 3.63) is 62.9 Å². The molecule has 0 bridgehead atoms. The molecule has 180 valence electrons. The molecule has 7 heteroatoms. The number of allylic oxidation sites excluding steroid dienone is 3. The Hall–Kier alpha value is -2.38. The van der Waals surface area contributed by atoms with Crippen molar-refractivity contribution < 1.29 is 9.59 Å². The van der Waals surface area contributed by atoms with Gasteiger partial charge in [0.25, 0.3) is 5.91 Å². The molecule has 2 aliphatic rings. The highest BCUT2D eigenvalue weighted by atomic mass is 32.2. The summed E-state index contributed by atoms with van der Waals surface area (Å²) < 4.78 is 1.20. The monoisotopic (exact) mass is 495 g/mol. The lowest BCUT2D eigenvalue weighted by atomic mass is 9.69. The summed E-state index contributed by atoms with van der Waals surface area (Å²) in [4.78, 5) is 32.9. The zero-order chi connectivity index (χ0) is 24.6. The Morgan fingerprint density at radius 2 is 2.03 bits per heavy atom. The van der Waals surface area contributed by atoms with Crippen molar-refractivity contribution in [1.82, 2.24) is 10.3 Å². The fourth-order valence-corrected chi connectivity index (χ4v) is 7.27. The van der Waals surface area contributed by atoms with Crippen LogP contribution in [0.4, 0.5) is 5.82 Å². The number of thioether (sulfide) groups is 1. The van der Waals surface area contributed by atoms with Crippen LogP contribution in [0.1, 0.15) is 69.4 Å². The van der Waals surface area contributed by atoms with Gasteiger partial charge in [-0.25, -0.2) is 4.98 Å². The van der Waals surface area contributed by atoms with Crippen molar-refractivity contribution in [2.75, 3.05) is 11.1 Å². The highest BCUT2D eigenvalue weighted by Gasteiger charge is 2.43. The number of dihydropyridines is 1. The molecule has 1 aliphatic carbocycles. The molecule has 1 amide bonds. The van der Waals surface area contributed by atoms with Gasteiger partial charge in [-0.05, 0) is 67.2 Å². The molecule has 4 rings (SSSR count). The molecule has 0 unspecified atom stereocenters. The molecular weight excluding hydrogens is 462 g/mol. The van der Waals surface area contributed by atoms with Crippen LogP contribution in [-0.2, 0) is 16.0 Å². The molecule has 0 saturated carbocycles. The maximum absolute atomic E-state index is 13.7. The van der Waals surface area contributed by atoms with Crippen molar-refractivity contribution in [3.63, 3.8) is 0 Å². The number of thiophene rings is 1. The molecule has 0 fully saturated rings. The highest BCUT2D eigenvalue weighted by Crippen LogP contribution is 2.50. The molecule has 1 atom stereocenters. The summed E-state index contributed by atoms with van der Waals surface area (Å²) >= 11 is 3.57. The van der Waals surface area contributed by atoms with Crippen molar-refractivity contribution in [2.24, 2.45) is 5.41 Å². The first-order valence-corrected chi connectivity index (χ1v) is 13.7. The minimum absolute atomic E-state index is 0.108. The van der Waals surface area contributed by atoms with E-state index in [2.05, 4.69) is 49.4 Å². The van der Waals surface area contributed by atoms with Crippen LogP contribution in [0.15, 0.2) is 51.1 Å². The summed E-state index contributed by atoms with van der Waals surface area (Å²) in [5.74, 6) is 0.991. The summed E-state index contributed by atoms with van der Waals surface area (Å²) in [6.45, 7) is 12.5. The van der Waals surface area contributed by atoms with E-state index in [0.29, 0.717) is 17.8 Å². The lowest BCUT2D eigenvalue weighted by Crippen LogP contribution is -2.39. The van der Waals surface area contributed by atoms with E-state index in [4.69, 9.17) is 0 Å². The van der Waals surface area contributed by atoms with Crippen LogP contribution in [0.25, 0.3) is 0 Å². The van der Waals surface area contributed by atoms with Gasteiger partial charge in [0.2, 0.25) is 0 Å². The van der Waals surface area contributed by atoms with Crippen molar-refractivity contribution >= 4 is 40.6 Å². The number of Topliss-reactive ketones (excluding diaryl/α,β-unsaturated/α-hetero) is 1. The number of pyridine rings is 1. The number of hydrogen-bond donors (Lipinski definition) is 2. The number of carbonyl (C=O) groups excluding carboxylic acids is 2. The van der Waals surface area contributed by atoms with Crippen molar-refractivity contribution in [2.45, 2.75) is 70.9 Å². The van der Waals surface area contributed by atoms with Gasteiger partial charge in [-0.15, -0.1) is 23.1 Å². The van der Waals surface area contributed by atoms with Crippen LogP contribution in [0.5, 0.6) is 0 Å². The van der Waals surface area contributed by atoms with E-state index in [1.807, 2.05) is 26.0 Å². The number of rotatable bonds is 6. The topological polar surface area (TPSA) is 71.1 Å². The van der Waals surface area contributed by atoms with Gasteiger partial charge in [-0.3, -0.25) is 9.59 Å². The van der Waals surface area contributed by atoms with E-state index in [1.165, 1.54) is 9.09 Å². The number of nitrogens with zero attached hydrogens (tertiary/aromatic N) is 1. The lowest BCUT2D eigenvalue weighted by Gasteiger charge is -2.39. The summed E-state index contributed by atoms with van der Waals surface area (Å²) in [6, 6.07) is 5.97. The number of anilines is 1. The molecule has 5 nitrogen and oxygen atoms in total. The van der Waals surface area contributed by atoms with E-state index in [9.17, 15) is 9.59 Å². The number of hydrogen-bond acceptors (Lipinski definition) is 6. The molecule has 0 spiro atoms. The largest absolute Gasteiger partial charge is 0.362 e. The SMILES string of the molecule is CCSc1sc(CC)cc1[C@@H]1C(C(=O)Nc2cc(C)ccn2)=C(C)NC2=C1C(=O)CC(C)(C)C2. The number of aryl methyl sites for hydroxylation is 2. The minimum Gasteiger partial charge on any atom is -0.362 e. The number of aromatic nitrogens is 1. The first-order valence-electron chi connectivity index (χ1n) is 11.9. The Balaban J connectivity index is 1.86. The second kappa shape index (κ2) is 9.70. The normalized spacial score (nSPS) is 19.7. The van der Waals surface area contributed by atoms with Gasteiger partial charge in [-0.1, -0.05) is 27.7 Å². The molecule has 0 aromatic carbocycles. The van der Waals surface area contributed by atoms with E-state index < -0.39 is 0 Å². The van der Waals surface area contributed by atoms with Crippen LogP contribution in [0.3, 0.4) is 0 Å². The molecule has 1 aliphatic heterocycles. The zero-order valence-electron chi connectivity index (χ0n) is 20.8. The molecule has 2 aromatic rings.